The number of nitro groups is 1. The van der Waals surface area contributed by atoms with E-state index in [1.165, 1.54) is 6.07 Å². The summed E-state index contributed by atoms with van der Waals surface area (Å²) in [5.74, 6) is 0. The zero-order valence-corrected chi connectivity index (χ0v) is 7.56. The van der Waals surface area contributed by atoms with Gasteiger partial charge in [-0.15, -0.1) is 6.58 Å². The SMILES string of the molecule is C=CCNc1ccc(N)cc1[N+](=O)[O-]. The monoisotopic (exact) mass is 193 g/mol. The van der Waals surface area contributed by atoms with E-state index in [0.29, 0.717) is 17.9 Å². The van der Waals surface area contributed by atoms with Gasteiger partial charge in [0.15, 0.2) is 0 Å². The summed E-state index contributed by atoms with van der Waals surface area (Å²) in [6.45, 7) is 3.99. The summed E-state index contributed by atoms with van der Waals surface area (Å²) in [5, 5.41) is 13.5. The van der Waals surface area contributed by atoms with Gasteiger partial charge in [0.05, 0.1) is 4.92 Å². The van der Waals surface area contributed by atoms with Crippen molar-refractivity contribution in [3.63, 3.8) is 0 Å². The van der Waals surface area contributed by atoms with Crippen LogP contribution in [-0.4, -0.2) is 11.5 Å². The molecule has 0 saturated heterocycles. The largest absolute Gasteiger partial charge is 0.399 e. The molecule has 0 spiro atoms. The lowest BCUT2D eigenvalue weighted by Gasteiger charge is -2.04. The van der Waals surface area contributed by atoms with Gasteiger partial charge in [0.2, 0.25) is 0 Å². The molecule has 74 valence electrons. The molecule has 0 bridgehead atoms. The zero-order chi connectivity index (χ0) is 10.6. The standard InChI is InChI=1S/C9H11N3O2/c1-2-5-11-8-4-3-7(10)6-9(8)12(13)14/h2-4,6,11H,1,5,10H2. The van der Waals surface area contributed by atoms with Gasteiger partial charge in [-0.1, -0.05) is 6.08 Å². The molecule has 0 radical (unpaired) electrons. The minimum atomic E-state index is -0.470. The van der Waals surface area contributed by atoms with E-state index in [2.05, 4.69) is 11.9 Å². The van der Waals surface area contributed by atoms with Crippen LogP contribution in [0, 0.1) is 10.1 Å². The molecule has 0 unspecified atom stereocenters. The molecule has 0 heterocycles. The first-order valence-electron chi connectivity index (χ1n) is 4.04. The molecule has 0 aliphatic rings. The number of rotatable bonds is 4. The number of nitrogens with two attached hydrogens (primary N) is 1. The molecule has 0 fully saturated rings. The summed E-state index contributed by atoms with van der Waals surface area (Å²) in [7, 11) is 0. The van der Waals surface area contributed by atoms with Crippen LogP contribution in [0.3, 0.4) is 0 Å². The summed E-state index contributed by atoms with van der Waals surface area (Å²) in [4.78, 5) is 10.2. The van der Waals surface area contributed by atoms with Crippen LogP contribution in [0.15, 0.2) is 30.9 Å². The van der Waals surface area contributed by atoms with Gasteiger partial charge < -0.3 is 11.1 Å². The smallest absolute Gasteiger partial charge is 0.294 e. The Labute approximate surface area is 81.4 Å². The zero-order valence-electron chi connectivity index (χ0n) is 7.56. The van der Waals surface area contributed by atoms with Gasteiger partial charge in [-0.2, -0.15) is 0 Å². The maximum Gasteiger partial charge on any atom is 0.294 e. The van der Waals surface area contributed by atoms with E-state index in [4.69, 9.17) is 5.73 Å². The molecule has 1 rings (SSSR count). The van der Waals surface area contributed by atoms with E-state index in [1.54, 1.807) is 18.2 Å². The number of nitro benzene ring substituents is 1. The Balaban J connectivity index is 3.01. The van der Waals surface area contributed by atoms with Crippen molar-refractivity contribution < 1.29 is 4.92 Å². The van der Waals surface area contributed by atoms with Crippen LogP contribution in [0.4, 0.5) is 17.1 Å². The summed E-state index contributed by atoms with van der Waals surface area (Å²) in [6.07, 6.45) is 1.63. The maximum atomic E-state index is 10.6. The number of nitrogens with one attached hydrogen (secondary N) is 1. The van der Waals surface area contributed by atoms with E-state index >= 15 is 0 Å². The Hall–Kier alpha value is -2.04. The predicted molar refractivity (Wildman–Crippen MR) is 56.2 cm³/mol. The van der Waals surface area contributed by atoms with Crippen molar-refractivity contribution in [1.82, 2.24) is 0 Å². The summed E-state index contributed by atoms with van der Waals surface area (Å²) >= 11 is 0. The van der Waals surface area contributed by atoms with Crippen LogP contribution in [0.1, 0.15) is 0 Å². The second kappa shape index (κ2) is 4.27. The lowest BCUT2D eigenvalue weighted by molar-refractivity contribution is -0.383. The number of benzene rings is 1. The van der Waals surface area contributed by atoms with Crippen LogP contribution >= 0.6 is 0 Å². The van der Waals surface area contributed by atoms with E-state index in [-0.39, 0.29) is 5.69 Å². The molecule has 5 nitrogen and oxygen atoms in total. The molecule has 0 atom stereocenters. The van der Waals surface area contributed by atoms with Crippen molar-refractivity contribution in [3.05, 3.63) is 41.0 Å². The van der Waals surface area contributed by atoms with E-state index in [0.717, 1.165) is 0 Å². The highest BCUT2D eigenvalue weighted by atomic mass is 16.6. The third kappa shape index (κ3) is 2.22. The third-order valence-electron chi connectivity index (χ3n) is 1.66. The van der Waals surface area contributed by atoms with Crippen LogP contribution < -0.4 is 11.1 Å². The molecule has 3 N–H and O–H groups in total. The molecule has 1 aromatic carbocycles. The lowest BCUT2D eigenvalue weighted by Crippen LogP contribution is -2.02. The molecule has 1 aromatic rings. The van der Waals surface area contributed by atoms with Gasteiger partial charge in [0, 0.05) is 18.3 Å². The van der Waals surface area contributed by atoms with E-state index in [1.807, 2.05) is 0 Å². The fourth-order valence-electron chi connectivity index (χ4n) is 1.03. The fraction of sp³-hybridized carbons (Fsp3) is 0.111. The first-order valence-corrected chi connectivity index (χ1v) is 4.04. The molecule has 5 heteroatoms. The molecule has 0 aliphatic heterocycles. The molecule has 14 heavy (non-hydrogen) atoms. The first kappa shape index (κ1) is 10.0. The second-order valence-electron chi connectivity index (χ2n) is 2.70. The average molecular weight is 193 g/mol. The molecular weight excluding hydrogens is 182 g/mol. The lowest BCUT2D eigenvalue weighted by atomic mass is 10.2. The molecule has 0 aromatic heterocycles. The van der Waals surface area contributed by atoms with Gasteiger partial charge in [-0.05, 0) is 12.1 Å². The maximum absolute atomic E-state index is 10.6. The van der Waals surface area contributed by atoms with Crippen molar-refractivity contribution in [2.24, 2.45) is 0 Å². The predicted octanol–water partition coefficient (Wildman–Crippen LogP) is 1.77. The van der Waals surface area contributed by atoms with Crippen molar-refractivity contribution in [2.45, 2.75) is 0 Å². The van der Waals surface area contributed by atoms with Crippen LogP contribution in [0.5, 0.6) is 0 Å². The Morgan fingerprint density at radius 3 is 2.93 bits per heavy atom. The quantitative estimate of drug-likeness (QED) is 0.330. The van der Waals surface area contributed by atoms with Crippen LogP contribution in [0.25, 0.3) is 0 Å². The number of nitrogens with zero attached hydrogens (tertiary/aromatic N) is 1. The van der Waals surface area contributed by atoms with Gasteiger partial charge in [0.1, 0.15) is 5.69 Å². The second-order valence-corrected chi connectivity index (χ2v) is 2.70. The molecule has 0 saturated carbocycles. The highest BCUT2D eigenvalue weighted by Gasteiger charge is 2.12. The summed E-state index contributed by atoms with van der Waals surface area (Å²) < 4.78 is 0. The molecule has 0 amide bonds. The Morgan fingerprint density at radius 1 is 1.64 bits per heavy atom. The third-order valence-corrected chi connectivity index (χ3v) is 1.66. The highest BCUT2D eigenvalue weighted by molar-refractivity contribution is 5.66. The minimum Gasteiger partial charge on any atom is -0.399 e. The van der Waals surface area contributed by atoms with E-state index < -0.39 is 4.92 Å². The van der Waals surface area contributed by atoms with Crippen molar-refractivity contribution in [1.29, 1.82) is 0 Å². The Bertz CT molecular complexity index is 363. The van der Waals surface area contributed by atoms with Gasteiger partial charge in [0.25, 0.3) is 5.69 Å². The van der Waals surface area contributed by atoms with Crippen LogP contribution in [0.2, 0.25) is 0 Å². The number of hydrogen-bond acceptors (Lipinski definition) is 4. The number of anilines is 2. The normalized spacial score (nSPS) is 9.43. The summed E-state index contributed by atoms with van der Waals surface area (Å²) in [5.41, 5.74) is 6.24. The minimum absolute atomic E-state index is 0.0214. The average Bonchev–Trinajstić information content (AvgIpc) is 2.15. The molecular formula is C9H11N3O2. The van der Waals surface area contributed by atoms with Crippen molar-refractivity contribution in [2.75, 3.05) is 17.6 Å². The van der Waals surface area contributed by atoms with Gasteiger partial charge in [-0.25, -0.2) is 0 Å². The number of hydrogen-bond donors (Lipinski definition) is 2. The van der Waals surface area contributed by atoms with Gasteiger partial charge in [-0.3, -0.25) is 10.1 Å². The first-order chi connectivity index (χ1) is 6.65. The van der Waals surface area contributed by atoms with Crippen molar-refractivity contribution >= 4 is 17.1 Å². The highest BCUT2D eigenvalue weighted by Crippen LogP contribution is 2.26. The Kier molecular flexibility index (Phi) is 3.06. The topological polar surface area (TPSA) is 81.2 Å². The van der Waals surface area contributed by atoms with Gasteiger partial charge >= 0.3 is 0 Å². The van der Waals surface area contributed by atoms with E-state index in [9.17, 15) is 10.1 Å². The fourth-order valence-corrected chi connectivity index (χ4v) is 1.03. The van der Waals surface area contributed by atoms with Crippen molar-refractivity contribution in [3.8, 4) is 0 Å². The number of nitrogen functional groups attached to an aromatic ring is 1. The van der Waals surface area contributed by atoms with Crippen LogP contribution in [-0.2, 0) is 0 Å². The molecule has 0 aliphatic carbocycles. The summed E-state index contributed by atoms with van der Waals surface area (Å²) in [6, 6.07) is 4.51. The Morgan fingerprint density at radius 2 is 2.36 bits per heavy atom.